The summed E-state index contributed by atoms with van der Waals surface area (Å²) in [5.41, 5.74) is 10.8. The van der Waals surface area contributed by atoms with E-state index < -0.39 is 0 Å². The first-order chi connectivity index (χ1) is 19.2. The second-order valence-corrected chi connectivity index (χ2v) is 12.1. The quantitative estimate of drug-likeness (QED) is 0.235. The van der Waals surface area contributed by atoms with Crippen molar-refractivity contribution in [1.29, 1.82) is 0 Å². The molecule has 1 aliphatic heterocycles. The number of aromatic nitrogens is 4. The second-order valence-electron chi connectivity index (χ2n) is 12.1. The molecule has 0 saturated carbocycles. The first-order valence-electron chi connectivity index (χ1n) is 15.1. The van der Waals surface area contributed by atoms with Gasteiger partial charge in [0.05, 0.1) is 11.2 Å². The van der Waals surface area contributed by atoms with Crippen molar-refractivity contribution < 1.29 is 0 Å². The van der Waals surface area contributed by atoms with Crippen molar-refractivity contribution in [1.82, 2.24) is 20.2 Å². The van der Waals surface area contributed by atoms with E-state index in [1.807, 2.05) is 0 Å². The fourth-order valence-electron chi connectivity index (χ4n) is 6.19. The van der Waals surface area contributed by atoms with Crippen molar-refractivity contribution in [3.05, 3.63) is 64.0 Å². The van der Waals surface area contributed by atoms with Gasteiger partial charge < -0.3 is 9.80 Å². The number of aromatic amines is 1. The Morgan fingerprint density at radius 2 is 1.75 bits per heavy atom. The van der Waals surface area contributed by atoms with Crippen molar-refractivity contribution in [2.75, 3.05) is 29.9 Å². The zero-order chi connectivity index (χ0) is 28.6. The largest absolute Gasteiger partial charge is 0.366 e. The van der Waals surface area contributed by atoms with E-state index in [1.54, 1.807) is 0 Å². The van der Waals surface area contributed by atoms with E-state index in [1.165, 1.54) is 52.9 Å². The SMILES string of the molecule is CCC(CC)CCN(C)c1nc(-c2c(C)ccc3n[nH]c(C)c23)nc2c1CN(c1cc(C(C)C)ccc1C)CC2. The van der Waals surface area contributed by atoms with Crippen LogP contribution >= 0.6 is 0 Å². The molecule has 4 aromatic rings. The molecule has 0 unspecified atom stereocenters. The molecule has 1 N–H and O–H groups in total. The first kappa shape index (κ1) is 28.1. The van der Waals surface area contributed by atoms with Crippen molar-refractivity contribution in [2.24, 2.45) is 5.92 Å². The van der Waals surface area contributed by atoms with Gasteiger partial charge in [-0.3, -0.25) is 5.10 Å². The molecule has 0 radical (unpaired) electrons. The Hall–Kier alpha value is -3.41. The Kier molecular flexibility index (Phi) is 8.16. The summed E-state index contributed by atoms with van der Waals surface area (Å²) in [6, 6.07) is 11.2. The van der Waals surface area contributed by atoms with Crippen LogP contribution in [0.5, 0.6) is 0 Å². The Morgan fingerprint density at radius 3 is 2.48 bits per heavy atom. The Morgan fingerprint density at radius 1 is 1.00 bits per heavy atom. The Balaban J connectivity index is 1.61. The molecule has 0 bridgehead atoms. The van der Waals surface area contributed by atoms with E-state index in [0.29, 0.717) is 5.92 Å². The molecule has 0 fully saturated rings. The summed E-state index contributed by atoms with van der Waals surface area (Å²) in [5, 5.41) is 8.84. The van der Waals surface area contributed by atoms with Crippen LogP contribution in [-0.2, 0) is 13.0 Å². The summed E-state index contributed by atoms with van der Waals surface area (Å²) in [6.07, 6.45) is 4.52. The molecular formula is C34H46N6. The lowest BCUT2D eigenvalue weighted by Gasteiger charge is -2.34. The summed E-state index contributed by atoms with van der Waals surface area (Å²) >= 11 is 0. The topological polar surface area (TPSA) is 60.9 Å². The van der Waals surface area contributed by atoms with Crippen molar-refractivity contribution in [3.8, 4) is 11.4 Å². The molecule has 0 aliphatic carbocycles. The number of rotatable bonds is 9. The van der Waals surface area contributed by atoms with Crippen molar-refractivity contribution in [2.45, 2.75) is 86.6 Å². The van der Waals surface area contributed by atoms with Gasteiger partial charge in [-0.05, 0) is 67.9 Å². The van der Waals surface area contributed by atoms with Crippen molar-refractivity contribution in [3.63, 3.8) is 0 Å². The van der Waals surface area contributed by atoms with Gasteiger partial charge in [0.25, 0.3) is 0 Å². The molecule has 0 saturated heterocycles. The third-order valence-electron chi connectivity index (χ3n) is 9.00. The minimum absolute atomic E-state index is 0.506. The summed E-state index contributed by atoms with van der Waals surface area (Å²) in [5.74, 6) is 3.14. The number of nitrogens with one attached hydrogen (secondary N) is 1. The van der Waals surface area contributed by atoms with Gasteiger partial charge in [-0.2, -0.15) is 5.10 Å². The average Bonchev–Trinajstić information content (AvgIpc) is 3.33. The van der Waals surface area contributed by atoms with E-state index in [9.17, 15) is 0 Å². The van der Waals surface area contributed by atoms with E-state index in [0.717, 1.165) is 65.8 Å². The number of nitrogens with zero attached hydrogens (tertiary/aromatic N) is 5. The maximum atomic E-state index is 5.36. The highest BCUT2D eigenvalue weighted by molar-refractivity contribution is 5.96. The molecule has 0 spiro atoms. The van der Waals surface area contributed by atoms with E-state index in [-0.39, 0.29) is 0 Å². The molecule has 1 aliphatic rings. The fourth-order valence-corrected chi connectivity index (χ4v) is 6.19. The summed E-state index contributed by atoms with van der Waals surface area (Å²) < 4.78 is 0. The highest BCUT2D eigenvalue weighted by Crippen LogP contribution is 2.37. The van der Waals surface area contributed by atoms with Crippen LogP contribution in [0.3, 0.4) is 0 Å². The number of hydrogen-bond donors (Lipinski definition) is 1. The Labute approximate surface area is 240 Å². The molecule has 0 amide bonds. The van der Waals surface area contributed by atoms with Crippen LogP contribution in [0.15, 0.2) is 30.3 Å². The van der Waals surface area contributed by atoms with Crippen LogP contribution in [0, 0.1) is 26.7 Å². The highest BCUT2D eigenvalue weighted by Gasteiger charge is 2.27. The van der Waals surface area contributed by atoms with Gasteiger partial charge in [-0.1, -0.05) is 58.7 Å². The van der Waals surface area contributed by atoms with Gasteiger partial charge in [0.2, 0.25) is 0 Å². The zero-order valence-corrected chi connectivity index (χ0v) is 25.7. The number of benzene rings is 2. The summed E-state index contributed by atoms with van der Waals surface area (Å²) in [4.78, 5) is 15.6. The van der Waals surface area contributed by atoms with Crippen LogP contribution in [0.1, 0.15) is 86.5 Å². The van der Waals surface area contributed by atoms with Gasteiger partial charge in [0.1, 0.15) is 5.82 Å². The molecule has 3 heterocycles. The number of anilines is 2. The predicted octanol–water partition coefficient (Wildman–Crippen LogP) is 7.89. The van der Waals surface area contributed by atoms with Gasteiger partial charge in [-0.15, -0.1) is 0 Å². The normalized spacial score (nSPS) is 13.5. The molecule has 6 nitrogen and oxygen atoms in total. The maximum Gasteiger partial charge on any atom is 0.162 e. The zero-order valence-electron chi connectivity index (χ0n) is 25.7. The maximum absolute atomic E-state index is 5.36. The minimum atomic E-state index is 0.506. The average molecular weight is 539 g/mol. The van der Waals surface area contributed by atoms with E-state index in [4.69, 9.17) is 9.97 Å². The monoisotopic (exact) mass is 538 g/mol. The predicted molar refractivity (Wildman–Crippen MR) is 169 cm³/mol. The molecule has 6 heteroatoms. The molecule has 2 aromatic heterocycles. The van der Waals surface area contributed by atoms with E-state index >= 15 is 0 Å². The summed E-state index contributed by atoms with van der Waals surface area (Å²) in [7, 11) is 2.22. The van der Waals surface area contributed by atoms with Crippen LogP contribution in [0.2, 0.25) is 0 Å². The standard InChI is InChI=1S/C34H46N6/c1-9-25(10-2)15-17-39(8)34-27-20-40(30-19-26(21(3)4)13-11-22(30)5)18-16-28(27)35-33(36-34)31-23(6)12-14-29-32(31)24(7)37-38-29/h11-14,19,21,25H,9-10,15-18,20H2,1-8H3,(H,37,38). The second kappa shape index (κ2) is 11.6. The summed E-state index contributed by atoms with van der Waals surface area (Å²) in [6.45, 7) is 18.4. The van der Waals surface area contributed by atoms with E-state index in [2.05, 4.69) is 106 Å². The van der Waals surface area contributed by atoms with Gasteiger partial charge >= 0.3 is 0 Å². The lowest BCUT2D eigenvalue weighted by Crippen LogP contribution is -2.34. The van der Waals surface area contributed by atoms with Gasteiger partial charge in [-0.25, -0.2) is 9.97 Å². The van der Waals surface area contributed by atoms with Crippen LogP contribution in [-0.4, -0.2) is 40.3 Å². The van der Waals surface area contributed by atoms with Crippen LogP contribution in [0.4, 0.5) is 11.5 Å². The lowest BCUT2D eigenvalue weighted by molar-refractivity contribution is 0.458. The molecule has 0 atom stereocenters. The molecule has 2 aromatic carbocycles. The van der Waals surface area contributed by atoms with Gasteiger partial charge in [0, 0.05) is 61.0 Å². The number of H-pyrrole nitrogens is 1. The molecule has 5 rings (SSSR count). The van der Waals surface area contributed by atoms with Gasteiger partial charge in [0.15, 0.2) is 5.82 Å². The van der Waals surface area contributed by atoms with Crippen LogP contribution in [0.25, 0.3) is 22.3 Å². The van der Waals surface area contributed by atoms with Crippen molar-refractivity contribution >= 4 is 22.4 Å². The smallest absolute Gasteiger partial charge is 0.162 e. The molecule has 212 valence electrons. The van der Waals surface area contributed by atoms with Crippen LogP contribution < -0.4 is 9.80 Å². The Bertz CT molecular complexity index is 1500. The fraction of sp³-hybridized carbons (Fsp3) is 0.500. The third kappa shape index (κ3) is 5.33. The highest BCUT2D eigenvalue weighted by atomic mass is 15.2. The first-order valence-corrected chi connectivity index (χ1v) is 15.1. The molecular weight excluding hydrogens is 492 g/mol. The lowest BCUT2D eigenvalue weighted by atomic mass is 9.97. The minimum Gasteiger partial charge on any atom is -0.366 e. The number of hydrogen-bond acceptors (Lipinski definition) is 5. The number of aryl methyl sites for hydroxylation is 3. The molecule has 40 heavy (non-hydrogen) atoms. The number of fused-ring (bicyclic) bond motifs is 2. The third-order valence-corrected chi connectivity index (χ3v) is 9.00.